The molecule has 8 N–H and O–H groups in total. The second-order valence-corrected chi connectivity index (χ2v) is 9.45. The lowest BCUT2D eigenvalue weighted by Crippen LogP contribution is -2.61. The number of ether oxygens (including phenoxy) is 5. The number of phenolic OH excluding ortho intramolecular Hbond substituents is 2. The van der Waals surface area contributed by atoms with Crippen molar-refractivity contribution in [1.82, 2.24) is 0 Å². The van der Waals surface area contributed by atoms with Gasteiger partial charge in [0.05, 0.1) is 20.3 Å². The van der Waals surface area contributed by atoms with Gasteiger partial charge in [-0.2, -0.15) is 0 Å². The van der Waals surface area contributed by atoms with E-state index in [0.29, 0.717) is 0 Å². The van der Waals surface area contributed by atoms with Crippen molar-refractivity contribution >= 4 is 21.9 Å². The van der Waals surface area contributed by atoms with Gasteiger partial charge in [-0.3, -0.25) is 4.79 Å². The van der Waals surface area contributed by atoms with E-state index in [1.165, 1.54) is 25.3 Å². The minimum absolute atomic E-state index is 0.0353. The third kappa shape index (κ3) is 4.91. The van der Waals surface area contributed by atoms with E-state index in [-0.39, 0.29) is 40.0 Å². The summed E-state index contributed by atoms with van der Waals surface area (Å²) in [5, 5.41) is 80.6. The molecule has 5 rings (SSSR count). The maximum atomic E-state index is 13.4. The summed E-state index contributed by atoms with van der Waals surface area (Å²) in [5.41, 5.74) is -0.870. The molecule has 2 saturated heterocycles. The van der Waals surface area contributed by atoms with E-state index < -0.39 is 78.8 Å². The highest BCUT2D eigenvalue weighted by Crippen LogP contribution is 2.38. The predicted octanol–water partition coefficient (Wildman–Crippen LogP) is -1.99. The Labute approximate surface area is 224 Å². The van der Waals surface area contributed by atoms with Crippen LogP contribution in [0.1, 0.15) is 0 Å². The molecular weight excluding hydrogens is 540 g/mol. The number of aliphatic hydroxyl groups is 6. The largest absolute Gasteiger partial charge is 0.504 e. The Morgan fingerprint density at radius 1 is 0.875 bits per heavy atom. The zero-order valence-corrected chi connectivity index (χ0v) is 20.9. The Balaban J connectivity index is 1.45. The van der Waals surface area contributed by atoms with Crippen LogP contribution < -0.4 is 14.9 Å². The molecule has 3 heterocycles. The van der Waals surface area contributed by atoms with E-state index in [2.05, 4.69) is 0 Å². The maximum absolute atomic E-state index is 13.4. The van der Waals surface area contributed by atoms with E-state index in [9.17, 15) is 45.6 Å². The Morgan fingerprint density at radius 3 is 2.33 bits per heavy atom. The van der Waals surface area contributed by atoms with E-state index in [1.807, 2.05) is 0 Å². The molecule has 0 radical (unpaired) electrons. The normalized spacial score (nSPS) is 32.8. The van der Waals surface area contributed by atoms with Crippen LogP contribution in [-0.2, 0) is 14.2 Å². The quantitative estimate of drug-likeness (QED) is 0.119. The Bertz CT molecular complexity index is 1440. The van der Waals surface area contributed by atoms with Gasteiger partial charge in [0.25, 0.3) is 0 Å². The number of hydrogen-bond acceptors (Lipinski definition) is 15. The highest BCUT2D eigenvalue weighted by atomic mass is 16.7. The Hall–Kier alpha value is -3.25. The van der Waals surface area contributed by atoms with Crippen LogP contribution in [0.2, 0.25) is 0 Å². The Kier molecular flexibility index (Phi) is 7.75. The van der Waals surface area contributed by atoms with Gasteiger partial charge in [-0.15, -0.1) is 0 Å². The summed E-state index contributed by atoms with van der Waals surface area (Å²) in [4.78, 5) is 13.4. The fourth-order valence-corrected chi connectivity index (χ4v) is 4.58. The monoisotopic (exact) mass is 568 g/mol. The minimum Gasteiger partial charge on any atom is -0.504 e. The molecule has 0 aliphatic carbocycles. The smallest absolute Gasteiger partial charge is 0.229 e. The van der Waals surface area contributed by atoms with Crippen LogP contribution in [0.15, 0.2) is 33.5 Å². The summed E-state index contributed by atoms with van der Waals surface area (Å²) < 4.78 is 32.9. The van der Waals surface area contributed by atoms with E-state index >= 15 is 0 Å². The van der Waals surface area contributed by atoms with Gasteiger partial charge in [0, 0.05) is 12.1 Å². The van der Waals surface area contributed by atoms with Crippen LogP contribution in [0, 0.1) is 0 Å². The number of methoxy groups -OCH3 is 1. The van der Waals surface area contributed by atoms with Crippen LogP contribution >= 0.6 is 0 Å². The third-order valence-electron chi connectivity index (χ3n) is 6.86. The lowest BCUT2D eigenvalue weighted by molar-refractivity contribution is -0.307. The molecule has 0 spiro atoms. The van der Waals surface area contributed by atoms with Crippen LogP contribution in [0.3, 0.4) is 0 Å². The molecule has 0 bridgehead atoms. The zero-order chi connectivity index (χ0) is 28.9. The number of hydrogen-bond donors (Lipinski definition) is 8. The highest BCUT2D eigenvalue weighted by Gasteiger charge is 2.46. The first kappa shape index (κ1) is 28.3. The molecule has 9 atom stereocenters. The number of aliphatic hydroxyl groups excluding tert-OH is 6. The van der Waals surface area contributed by atoms with Crippen molar-refractivity contribution in [3.8, 4) is 23.0 Å². The number of aromatic hydroxyl groups is 2. The topological polar surface area (TPSA) is 238 Å². The summed E-state index contributed by atoms with van der Waals surface area (Å²) in [6, 6.07) is 5.07. The van der Waals surface area contributed by atoms with Gasteiger partial charge in [-0.1, -0.05) is 0 Å². The lowest BCUT2D eigenvalue weighted by atomic mass is 9.99. The van der Waals surface area contributed by atoms with Gasteiger partial charge in [-0.25, -0.2) is 0 Å². The molecule has 15 nitrogen and oxygen atoms in total. The standard InChI is InChI=1S/C25H28O15/c1-35-8-4-12-15(20(31)16-11(38-12)3-2-9(26)17(16)28)13(5-8)39-25-23(34)21(32)19(30)14(40-25)7-37-24-22(33)18(29)10(27)6-36-24/h2-5,10,14,18-19,21-30,32-34H,6-7H2,1H3/t10-,14-,18-,19-,21-,22+,23-,24-,25-/m0/s1. The van der Waals surface area contributed by atoms with Crippen LogP contribution in [0.4, 0.5) is 0 Å². The first-order chi connectivity index (χ1) is 19.0. The molecule has 2 aliphatic heterocycles. The summed E-state index contributed by atoms with van der Waals surface area (Å²) in [7, 11) is 1.34. The SMILES string of the molecule is COc1cc(O[C@H]2O[C@@H](CO[C@@H]3OC[C@H](O)[C@H](O)[C@H]3O)[C@H](O)[C@H](O)[C@@H]2O)c2c(=O)c3c(O)c(O)ccc3oc2c1. The number of phenols is 2. The summed E-state index contributed by atoms with van der Waals surface area (Å²) in [6.45, 7) is -0.855. The predicted molar refractivity (Wildman–Crippen MR) is 131 cm³/mol. The molecule has 40 heavy (non-hydrogen) atoms. The van der Waals surface area contributed by atoms with Crippen molar-refractivity contribution in [1.29, 1.82) is 0 Å². The van der Waals surface area contributed by atoms with Gasteiger partial charge in [0.15, 0.2) is 17.8 Å². The van der Waals surface area contributed by atoms with Gasteiger partial charge >= 0.3 is 0 Å². The van der Waals surface area contributed by atoms with Crippen molar-refractivity contribution in [2.24, 2.45) is 0 Å². The van der Waals surface area contributed by atoms with Crippen LogP contribution in [-0.4, -0.2) is 116 Å². The fraction of sp³-hybridized carbons (Fsp3) is 0.480. The first-order valence-corrected chi connectivity index (χ1v) is 12.1. The number of benzene rings is 2. The van der Waals surface area contributed by atoms with Crippen molar-refractivity contribution < 1.29 is 69.0 Å². The van der Waals surface area contributed by atoms with Crippen LogP contribution in [0.5, 0.6) is 23.0 Å². The van der Waals surface area contributed by atoms with Crippen molar-refractivity contribution in [3.63, 3.8) is 0 Å². The average Bonchev–Trinajstić information content (AvgIpc) is 2.93. The number of rotatable bonds is 6. The molecule has 0 amide bonds. The average molecular weight is 568 g/mol. The highest BCUT2D eigenvalue weighted by molar-refractivity contribution is 5.97. The molecule has 3 aromatic rings. The first-order valence-electron chi connectivity index (χ1n) is 12.1. The second kappa shape index (κ2) is 11.0. The molecule has 0 unspecified atom stereocenters. The van der Waals surface area contributed by atoms with E-state index in [4.69, 9.17) is 28.1 Å². The zero-order valence-electron chi connectivity index (χ0n) is 20.9. The van der Waals surface area contributed by atoms with E-state index in [1.54, 1.807) is 0 Å². The van der Waals surface area contributed by atoms with Gasteiger partial charge in [0.1, 0.15) is 76.2 Å². The van der Waals surface area contributed by atoms with Crippen molar-refractivity contribution in [2.45, 2.75) is 55.3 Å². The molecule has 2 fully saturated rings. The van der Waals surface area contributed by atoms with Gasteiger partial charge < -0.3 is 69.0 Å². The maximum Gasteiger partial charge on any atom is 0.229 e. The van der Waals surface area contributed by atoms with Crippen LogP contribution in [0.25, 0.3) is 21.9 Å². The molecule has 1 aromatic heterocycles. The minimum atomic E-state index is -1.83. The van der Waals surface area contributed by atoms with Gasteiger partial charge in [0.2, 0.25) is 11.7 Å². The third-order valence-corrected chi connectivity index (χ3v) is 6.86. The fourth-order valence-electron chi connectivity index (χ4n) is 4.58. The summed E-state index contributed by atoms with van der Waals surface area (Å²) in [6.07, 6.45) is -14.3. The molecule has 2 aromatic carbocycles. The number of fused-ring (bicyclic) bond motifs is 2. The summed E-state index contributed by atoms with van der Waals surface area (Å²) >= 11 is 0. The molecular formula is C25H28O15. The van der Waals surface area contributed by atoms with Crippen molar-refractivity contribution in [3.05, 3.63) is 34.5 Å². The van der Waals surface area contributed by atoms with Gasteiger partial charge in [-0.05, 0) is 12.1 Å². The Morgan fingerprint density at radius 2 is 1.60 bits per heavy atom. The van der Waals surface area contributed by atoms with E-state index in [0.717, 1.165) is 6.07 Å². The second-order valence-electron chi connectivity index (χ2n) is 9.45. The molecule has 218 valence electrons. The lowest BCUT2D eigenvalue weighted by Gasteiger charge is -2.41. The van der Waals surface area contributed by atoms with Crippen molar-refractivity contribution in [2.75, 3.05) is 20.3 Å². The molecule has 0 saturated carbocycles. The molecule has 2 aliphatic rings. The summed E-state index contributed by atoms with van der Waals surface area (Å²) in [5.74, 6) is -1.36. The molecule has 15 heteroatoms.